The van der Waals surface area contributed by atoms with Crippen molar-refractivity contribution >= 4 is 21.6 Å². The number of aromatic nitrogens is 1. The number of nitrogens with one attached hydrogen (secondary N) is 1. The number of amides is 1. The Labute approximate surface area is 157 Å². The van der Waals surface area contributed by atoms with Crippen LogP contribution in [0.2, 0.25) is 0 Å². The van der Waals surface area contributed by atoms with E-state index < -0.39 is 15.9 Å². The molecule has 2 aromatic carbocycles. The third kappa shape index (κ3) is 3.76. The number of hydrogen-bond donors (Lipinski definition) is 1. The Morgan fingerprint density at radius 3 is 2.44 bits per heavy atom. The maximum Gasteiger partial charge on any atom is 0.261 e. The Morgan fingerprint density at radius 2 is 1.78 bits per heavy atom. The first-order chi connectivity index (χ1) is 12.8. The first-order valence-corrected chi connectivity index (χ1v) is 9.60. The molecule has 0 unspecified atom stereocenters. The summed E-state index contributed by atoms with van der Waals surface area (Å²) in [6.07, 6.45) is 0. The fraction of sp³-hybridized carbons (Fsp3) is 0.158. The van der Waals surface area contributed by atoms with Crippen LogP contribution in [0.5, 0.6) is 0 Å². The molecule has 140 valence electrons. The second-order valence-electron chi connectivity index (χ2n) is 6.10. The van der Waals surface area contributed by atoms with Gasteiger partial charge in [0, 0.05) is 25.3 Å². The van der Waals surface area contributed by atoms with Crippen LogP contribution in [0, 0.1) is 6.92 Å². The Bertz CT molecular complexity index is 1070. The van der Waals surface area contributed by atoms with Crippen LogP contribution in [-0.4, -0.2) is 37.9 Å². The van der Waals surface area contributed by atoms with Crippen LogP contribution < -0.4 is 5.32 Å². The first kappa shape index (κ1) is 18.8. The van der Waals surface area contributed by atoms with Crippen LogP contribution in [0.15, 0.2) is 64.0 Å². The predicted octanol–water partition coefficient (Wildman–Crippen LogP) is 3.15. The lowest BCUT2D eigenvalue weighted by molar-refractivity contribution is 0.102. The third-order valence-electron chi connectivity index (χ3n) is 4.01. The van der Waals surface area contributed by atoms with E-state index in [4.69, 9.17) is 4.52 Å². The summed E-state index contributed by atoms with van der Waals surface area (Å²) in [5.74, 6) is -0.0459. The van der Waals surface area contributed by atoms with Gasteiger partial charge in [-0.15, -0.1) is 0 Å². The van der Waals surface area contributed by atoms with Gasteiger partial charge in [-0.05, 0) is 25.1 Å². The van der Waals surface area contributed by atoms with Gasteiger partial charge in [0.05, 0.1) is 4.90 Å². The van der Waals surface area contributed by atoms with E-state index in [1.807, 2.05) is 30.3 Å². The van der Waals surface area contributed by atoms with Gasteiger partial charge in [0.2, 0.25) is 10.0 Å². The van der Waals surface area contributed by atoms with Crippen LogP contribution in [0.3, 0.4) is 0 Å². The molecule has 0 aliphatic heterocycles. The van der Waals surface area contributed by atoms with E-state index in [1.165, 1.54) is 26.2 Å². The van der Waals surface area contributed by atoms with Crippen LogP contribution in [0.1, 0.15) is 16.1 Å². The van der Waals surface area contributed by atoms with E-state index in [0.29, 0.717) is 22.7 Å². The number of carbonyl (C=O) groups is 1. The van der Waals surface area contributed by atoms with Gasteiger partial charge in [0.15, 0.2) is 0 Å². The average molecular weight is 385 g/mol. The molecular weight excluding hydrogens is 366 g/mol. The molecule has 7 nitrogen and oxygen atoms in total. The topological polar surface area (TPSA) is 92.5 Å². The Balaban J connectivity index is 1.93. The molecule has 0 saturated carbocycles. The minimum absolute atomic E-state index is 0.0932. The van der Waals surface area contributed by atoms with Crippen molar-refractivity contribution in [3.63, 3.8) is 0 Å². The van der Waals surface area contributed by atoms with Gasteiger partial charge in [0.1, 0.15) is 17.0 Å². The highest BCUT2D eigenvalue weighted by molar-refractivity contribution is 7.89. The van der Waals surface area contributed by atoms with E-state index in [1.54, 1.807) is 19.1 Å². The van der Waals surface area contributed by atoms with Gasteiger partial charge < -0.3 is 9.84 Å². The van der Waals surface area contributed by atoms with Crippen LogP contribution >= 0.6 is 0 Å². The molecule has 1 N–H and O–H groups in total. The molecule has 0 bridgehead atoms. The summed E-state index contributed by atoms with van der Waals surface area (Å²) < 4.78 is 30.9. The second kappa shape index (κ2) is 7.34. The summed E-state index contributed by atoms with van der Waals surface area (Å²) in [5.41, 5.74) is 1.86. The highest BCUT2D eigenvalue weighted by Crippen LogP contribution is 2.26. The predicted molar refractivity (Wildman–Crippen MR) is 102 cm³/mol. The number of rotatable bonds is 5. The monoisotopic (exact) mass is 385 g/mol. The molecular formula is C19H19N3O4S. The fourth-order valence-corrected chi connectivity index (χ4v) is 3.52. The Morgan fingerprint density at radius 1 is 1.07 bits per heavy atom. The van der Waals surface area contributed by atoms with Crippen molar-refractivity contribution in [2.45, 2.75) is 11.8 Å². The van der Waals surface area contributed by atoms with Crippen molar-refractivity contribution in [2.75, 3.05) is 19.4 Å². The minimum atomic E-state index is -3.60. The summed E-state index contributed by atoms with van der Waals surface area (Å²) >= 11 is 0. The second-order valence-corrected chi connectivity index (χ2v) is 8.25. The van der Waals surface area contributed by atoms with Gasteiger partial charge in [-0.1, -0.05) is 41.6 Å². The van der Waals surface area contributed by atoms with Crippen molar-refractivity contribution in [1.29, 1.82) is 0 Å². The van der Waals surface area contributed by atoms with E-state index in [0.717, 1.165) is 9.87 Å². The maximum absolute atomic E-state index is 12.8. The zero-order chi connectivity index (χ0) is 19.6. The molecule has 0 radical (unpaired) electrons. The lowest BCUT2D eigenvalue weighted by Crippen LogP contribution is -2.22. The zero-order valence-electron chi connectivity index (χ0n) is 15.1. The molecule has 0 aliphatic rings. The lowest BCUT2D eigenvalue weighted by atomic mass is 10.1. The quantitative estimate of drug-likeness (QED) is 0.728. The van der Waals surface area contributed by atoms with Gasteiger partial charge in [-0.3, -0.25) is 4.79 Å². The minimum Gasteiger partial charge on any atom is -0.360 e. The molecule has 3 rings (SSSR count). The average Bonchev–Trinajstić information content (AvgIpc) is 3.04. The van der Waals surface area contributed by atoms with Crippen LogP contribution in [0.4, 0.5) is 5.69 Å². The smallest absolute Gasteiger partial charge is 0.261 e. The fourth-order valence-electron chi connectivity index (χ4n) is 2.57. The number of benzene rings is 2. The molecule has 1 heterocycles. The maximum atomic E-state index is 12.8. The molecule has 27 heavy (non-hydrogen) atoms. The number of aryl methyl sites for hydroxylation is 1. The number of hydrogen-bond acceptors (Lipinski definition) is 5. The van der Waals surface area contributed by atoms with Crippen molar-refractivity contribution in [3.05, 3.63) is 65.9 Å². The van der Waals surface area contributed by atoms with Crippen molar-refractivity contribution in [3.8, 4) is 11.3 Å². The van der Waals surface area contributed by atoms with Gasteiger partial charge >= 0.3 is 0 Å². The van der Waals surface area contributed by atoms with E-state index in [9.17, 15) is 13.2 Å². The summed E-state index contributed by atoms with van der Waals surface area (Å²) in [7, 11) is -0.694. The highest BCUT2D eigenvalue weighted by atomic mass is 32.2. The number of sulfonamides is 1. The molecule has 0 atom stereocenters. The molecule has 0 aliphatic carbocycles. The summed E-state index contributed by atoms with van der Waals surface area (Å²) in [5, 5.41) is 6.72. The van der Waals surface area contributed by atoms with E-state index in [2.05, 4.69) is 10.5 Å². The van der Waals surface area contributed by atoms with Gasteiger partial charge in [-0.2, -0.15) is 0 Å². The lowest BCUT2D eigenvalue weighted by Gasteiger charge is -2.12. The first-order valence-electron chi connectivity index (χ1n) is 8.16. The van der Waals surface area contributed by atoms with Gasteiger partial charge in [-0.25, -0.2) is 12.7 Å². The highest BCUT2D eigenvalue weighted by Gasteiger charge is 2.22. The normalized spacial score (nSPS) is 11.6. The van der Waals surface area contributed by atoms with Crippen molar-refractivity contribution in [1.82, 2.24) is 9.46 Å². The number of nitrogens with zero attached hydrogens (tertiary/aromatic N) is 2. The Kier molecular flexibility index (Phi) is 5.11. The van der Waals surface area contributed by atoms with Crippen LogP contribution in [0.25, 0.3) is 11.3 Å². The van der Waals surface area contributed by atoms with E-state index in [-0.39, 0.29) is 4.90 Å². The molecule has 0 saturated heterocycles. The van der Waals surface area contributed by atoms with Crippen LogP contribution in [-0.2, 0) is 10.0 Å². The molecule has 0 fully saturated rings. The van der Waals surface area contributed by atoms with Crippen molar-refractivity contribution in [2.24, 2.45) is 0 Å². The van der Waals surface area contributed by atoms with Gasteiger partial charge in [0.25, 0.3) is 5.91 Å². The standard InChI is InChI=1S/C19H19N3O4S/c1-13-17(18(21-26-13)14-8-5-4-6-9-14)19(23)20-15-10-7-11-16(12-15)27(24,25)22(2)3/h4-12H,1-3H3,(H,20,23). The largest absolute Gasteiger partial charge is 0.360 e. The summed E-state index contributed by atoms with van der Waals surface area (Å²) in [6.45, 7) is 1.65. The number of anilines is 1. The zero-order valence-corrected chi connectivity index (χ0v) is 15.9. The molecule has 1 aromatic heterocycles. The van der Waals surface area contributed by atoms with E-state index >= 15 is 0 Å². The summed E-state index contributed by atoms with van der Waals surface area (Å²) in [4.78, 5) is 12.9. The molecule has 0 spiro atoms. The SMILES string of the molecule is Cc1onc(-c2ccccc2)c1C(=O)Nc1cccc(S(=O)(=O)N(C)C)c1. The third-order valence-corrected chi connectivity index (χ3v) is 5.82. The molecule has 3 aromatic rings. The molecule has 8 heteroatoms. The molecule has 1 amide bonds. The van der Waals surface area contributed by atoms with Crippen molar-refractivity contribution < 1.29 is 17.7 Å². The summed E-state index contributed by atoms with van der Waals surface area (Å²) in [6, 6.07) is 15.3. The number of carbonyl (C=O) groups excluding carboxylic acids is 1. The Hall–Kier alpha value is -2.97.